The van der Waals surface area contributed by atoms with Crippen LogP contribution in [-0.4, -0.2) is 13.0 Å². The van der Waals surface area contributed by atoms with E-state index in [4.69, 9.17) is 4.74 Å². The molecular weight excluding hydrogens is 168 g/mol. The van der Waals surface area contributed by atoms with Crippen molar-refractivity contribution in [1.29, 1.82) is 0 Å². The highest BCUT2D eigenvalue weighted by Crippen LogP contribution is 2.11. The highest BCUT2D eigenvalue weighted by atomic mass is 16.7. The lowest BCUT2D eigenvalue weighted by molar-refractivity contribution is 0.195. The van der Waals surface area contributed by atoms with Gasteiger partial charge in [0.05, 0.1) is 0 Å². The van der Waals surface area contributed by atoms with E-state index in [-0.39, 0.29) is 0 Å². The molecule has 0 saturated heterocycles. The third-order valence-corrected chi connectivity index (χ3v) is 1.56. The second-order valence-corrected chi connectivity index (χ2v) is 2.50. The monoisotopic (exact) mass is 177 g/mol. The molecule has 2 rings (SSSR count). The van der Waals surface area contributed by atoms with Crippen molar-refractivity contribution in [3.05, 3.63) is 36.5 Å². The number of nitrogens with zero attached hydrogens (tertiary/aromatic N) is 1. The molecule has 1 aromatic rings. The van der Waals surface area contributed by atoms with Gasteiger partial charge in [-0.15, -0.1) is 5.48 Å². The summed E-state index contributed by atoms with van der Waals surface area (Å²) in [5, 5.41) is 0. The van der Waals surface area contributed by atoms with Crippen LogP contribution in [0.4, 0.5) is 0 Å². The summed E-state index contributed by atoms with van der Waals surface area (Å²) < 4.78 is 5.40. The molecule has 1 aliphatic rings. The van der Waals surface area contributed by atoms with Gasteiger partial charge in [0.15, 0.2) is 6.40 Å². The molecule has 1 heterocycles. The fraction of sp³-hybridized carbons (Fsp3) is 0.111. The lowest BCUT2D eigenvalue weighted by Gasteiger charge is -2.07. The Balaban J connectivity index is 1.82. The first-order valence-corrected chi connectivity index (χ1v) is 3.93. The third kappa shape index (κ3) is 2.19. The summed E-state index contributed by atoms with van der Waals surface area (Å²) in [6, 6.07) is 9.55. The van der Waals surface area contributed by atoms with Gasteiger partial charge in [-0.25, -0.2) is 4.99 Å². The van der Waals surface area contributed by atoms with Gasteiger partial charge in [0.1, 0.15) is 12.4 Å². The minimum absolute atomic E-state index is 0.389. The van der Waals surface area contributed by atoms with Crippen LogP contribution in [0.25, 0.3) is 0 Å². The van der Waals surface area contributed by atoms with Gasteiger partial charge in [0.25, 0.3) is 0 Å². The predicted molar refractivity (Wildman–Crippen MR) is 47.9 cm³/mol. The van der Waals surface area contributed by atoms with Crippen LogP contribution >= 0.6 is 0 Å². The SMILES string of the molecule is C1=N[C](COc2ccccc2)NO1. The Morgan fingerprint density at radius 2 is 2.15 bits per heavy atom. The van der Waals surface area contributed by atoms with Crippen LogP contribution in [0.15, 0.2) is 35.3 Å². The lowest BCUT2D eigenvalue weighted by atomic mass is 10.3. The smallest absolute Gasteiger partial charge is 0.224 e. The number of nitrogens with one attached hydrogen (secondary N) is 1. The number of hydrogen-bond donors (Lipinski definition) is 1. The van der Waals surface area contributed by atoms with Crippen molar-refractivity contribution in [3.8, 4) is 5.75 Å². The predicted octanol–water partition coefficient (Wildman–Crippen LogP) is 1.12. The number of benzene rings is 1. The molecule has 0 fully saturated rings. The van der Waals surface area contributed by atoms with Crippen molar-refractivity contribution in [2.24, 2.45) is 4.99 Å². The normalized spacial score (nSPS) is 15.7. The summed E-state index contributed by atoms with van der Waals surface area (Å²) in [7, 11) is 0. The van der Waals surface area contributed by atoms with E-state index in [2.05, 4.69) is 15.3 Å². The molecule has 0 bridgehead atoms. The van der Waals surface area contributed by atoms with Gasteiger partial charge in [0.2, 0.25) is 6.17 Å². The Morgan fingerprint density at radius 1 is 1.31 bits per heavy atom. The minimum atomic E-state index is 0.389. The highest BCUT2D eigenvalue weighted by Gasteiger charge is 2.12. The van der Waals surface area contributed by atoms with Crippen LogP contribution in [0.3, 0.4) is 0 Å². The Kier molecular flexibility index (Phi) is 2.43. The summed E-state index contributed by atoms with van der Waals surface area (Å²) in [5.74, 6) is 0.818. The Labute approximate surface area is 76.1 Å². The first-order chi connectivity index (χ1) is 6.45. The van der Waals surface area contributed by atoms with E-state index in [0.717, 1.165) is 5.75 Å². The van der Waals surface area contributed by atoms with Crippen molar-refractivity contribution in [3.63, 3.8) is 0 Å². The Bertz CT molecular complexity index is 287. The minimum Gasteiger partial charge on any atom is -0.489 e. The van der Waals surface area contributed by atoms with Crippen molar-refractivity contribution in [2.45, 2.75) is 0 Å². The van der Waals surface area contributed by atoms with E-state index in [1.807, 2.05) is 30.3 Å². The van der Waals surface area contributed by atoms with Crippen LogP contribution in [-0.2, 0) is 4.84 Å². The quantitative estimate of drug-likeness (QED) is 0.752. The van der Waals surface area contributed by atoms with E-state index >= 15 is 0 Å². The zero-order valence-corrected chi connectivity index (χ0v) is 6.93. The van der Waals surface area contributed by atoms with Crippen molar-refractivity contribution < 1.29 is 9.57 Å². The third-order valence-electron chi connectivity index (χ3n) is 1.56. The maximum absolute atomic E-state index is 5.40. The van der Waals surface area contributed by atoms with Crippen molar-refractivity contribution in [1.82, 2.24) is 5.48 Å². The number of ether oxygens (including phenoxy) is 1. The zero-order valence-electron chi connectivity index (χ0n) is 6.93. The molecule has 0 saturated carbocycles. The summed E-state index contributed by atoms with van der Waals surface area (Å²) in [4.78, 5) is 8.57. The zero-order chi connectivity index (χ0) is 8.93. The summed E-state index contributed by atoms with van der Waals surface area (Å²) in [6.45, 7) is 0.389. The molecule has 1 aromatic carbocycles. The largest absolute Gasteiger partial charge is 0.489 e. The van der Waals surface area contributed by atoms with Gasteiger partial charge in [-0.2, -0.15) is 0 Å². The number of hydrogen-bond acceptors (Lipinski definition) is 4. The molecule has 0 unspecified atom stereocenters. The van der Waals surface area contributed by atoms with E-state index in [9.17, 15) is 0 Å². The Morgan fingerprint density at radius 3 is 2.85 bits per heavy atom. The molecule has 1 N–H and O–H groups in total. The summed E-state index contributed by atoms with van der Waals surface area (Å²) >= 11 is 0. The van der Waals surface area contributed by atoms with Crippen LogP contribution in [0.1, 0.15) is 0 Å². The van der Waals surface area contributed by atoms with Gasteiger partial charge in [0, 0.05) is 0 Å². The topological polar surface area (TPSA) is 42.8 Å². The second kappa shape index (κ2) is 3.91. The molecule has 67 valence electrons. The van der Waals surface area contributed by atoms with Gasteiger partial charge in [-0.1, -0.05) is 18.2 Å². The van der Waals surface area contributed by atoms with Crippen LogP contribution in [0.2, 0.25) is 0 Å². The standard InChI is InChI=1S/C9H9N2O2/c1-2-4-8(5-3-1)12-6-9-10-7-13-11-9/h1-5,7,11H,6H2. The van der Waals surface area contributed by atoms with Gasteiger partial charge in [-0.3, -0.25) is 0 Å². The number of rotatable bonds is 3. The van der Waals surface area contributed by atoms with Gasteiger partial charge in [-0.05, 0) is 12.1 Å². The van der Waals surface area contributed by atoms with Crippen LogP contribution in [0.5, 0.6) is 5.75 Å². The molecule has 0 amide bonds. The maximum Gasteiger partial charge on any atom is 0.224 e. The van der Waals surface area contributed by atoms with E-state index in [1.165, 1.54) is 6.40 Å². The first kappa shape index (κ1) is 8.07. The number of para-hydroxylation sites is 1. The maximum atomic E-state index is 5.40. The van der Waals surface area contributed by atoms with Crippen molar-refractivity contribution >= 4 is 6.40 Å². The van der Waals surface area contributed by atoms with Crippen LogP contribution < -0.4 is 10.2 Å². The van der Waals surface area contributed by atoms with E-state index < -0.39 is 0 Å². The van der Waals surface area contributed by atoms with Gasteiger partial charge < -0.3 is 9.57 Å². The average molecular weight is 177 g/mol. The first-order valence-electron chi connectivity index (χ1n) is 3.93. The molecule has 4 nitrogen and oxygen atoms in total. The van der Waals surface area contributed by atoms with Crippen molar-refractivity contribution in [2.75, 3.05) is 6.61 Å². The van der Waals surface area contributed by atoms with E-state index in [1.54, 1.807) is 0 Å². The highest BCUT2D eigenvalue weighted by molar-refractivity contribution is 5.49. The molecule has 0 aromatic heterocycles. The molecule has 13 heavy (non-hydrogen) atoms. The number of aliphatic imine (C=N–C) groups is 1. The molecule has 0 aliphatic carbocycles. The molecule has 0 spiro atoms. The second-order valence-electron chi connectivity index (χ2n) is 2.50. The molecule has 4 heteroatoms. The fourth-order valence-corrected chi connectivity index (χ4v) is 0.946. The molecule has 1 radical (unpaired) electrons. The number of hydroxylamine groups is 1. The summed E-state index contributed by atoms with van der Waals surface area (Å²) in [5.41, 5.74) is 2.60. The molecular formula is C9H9N2O2. The average Bonchev–Trinajstić information content (AvgIpc) is 2.69. The summed E-state index contributed by atoms with van der Waals surface area (Å²) in [6.07, 6.45) is 2.01. The fourth-order valence-electron chi connectivity index (χ4n) is 0.946. The lowest BCUT2D eigenvalue weighted by Crippen LogP contribution is -2.19. The molecule has 1 aliphatic heterocycles. The molecule has 0 atom stereocenters. The Hall–Kier alpha value is -1.55. The van der Waals surface area contributed by atoms with Gasteiger partial charge >= 0.3 is 0 Å². The van der Waals surface area contributed by atoms with Crippen LogP contribution in [0, 0.1) is 6.17 Å². The van der Waals surface area contributed by atoms with E-state index in [0.29, 0.717) is 12.8 Å².